The molecule has 0 radical (unpaired) electrons. The van der Waals surface area contributed by atoms with Crippen molar-refractivity contribution in [2.45, 2.75) is 18.6 Å². The number of rotatable bonds is 1. The standard InChI is InChI=1S/C11H13NO3S/c1-16(13,14)12-10-5-3-2-4-8(10)9-6-7-15-11(9)12/h2-5,9,11H,6-7H2,1H3/t9-,11-/m0/s1. The van der Waals surface area contributed by atoms with E-state index in [-0.39, 0.29) is 12.1 Å². The number of fused-ring (bicyclic) bond motifs is 3. The molecule has 86 valence electrons. The third-order valence-electron chi connectivity index (χ3n) is 3.22. The molecule has 0 spiro atoms. The molecule has 4 nitrogen and oxygen atoms in total. The molecule has 0 amide bonds. The minimum Gasteiger partial charge on any atom is -0.357 e. The van der Waals surface area contributed by atoms with E-state index in [1.165, 1.54) is 10.6 Å². The maximum atomic E-state index is 11.8. The van der Waals surface area contributed by atoms with Crippen LogP contribution in [-0.4, -0.2) is 27.5 Å². The quantitative estimate of drug-likeness (QED) is 0.742. The molecule has 3 rings (SSSR count). The predicted octanol–water partition coefficient (Wildman–Crippen LogP) is 1.30. The van der Waals surface area contributed by atoms with Crippen LogP contribution in [0, 0.1) is 0 Å². The van der Waals surface area contributed by atoms with Crippen LogP contribution in [0.25, 0.3) is 0 Å². The van der Waals surface area contributed by atoms with Gasteiger partial charge in [-0.05, 0) is 18.1 Å². The van der Waals surface area contributed by atoms with E-state index >= 15 is 0 Å². The maximum absolute atomic E-state index is 11.8. The van der Waals surface area contributed by atoms with Gasteiger partial charge in [0, 0.05) is 5.92 Å². The molecule has 1 saturated heterocycles. The van der Waals surface area contributed by atoms with Crippen molar-refractivity contribution < 1.29 is 13.2 Å². The molecule has 2 atom stereocenters. The van der Waals surface area contributed by atoms with Gasteiger partial charge in [0.05, 0.1) is 18.6 Å². The van der Waals surface area contributed by atoms with E-state index in [1.807, 2.05) is 24.3 Å². The molecule has 0 aromatic heterocycles. The molecule has 5 heteroatoms. The maximum Gasteiger partial charge on any atom is 0.234 e. The summed E-state index contributed by atoms with van der Waals surface area (Å²) in [6, 6.07) is 7.64. The predicted molar refractivity (Wildman–Crippen MR) is 60.9 cm³/mol. The lowest BCUT2D eigenvalue weighted by molar-refractivity contribution is 0.118. The van der Waals surface area contributed by atoms with Crippen molar-refractivity contribution in [2.75, 3.05) is 17.2 Å². The highest BCUT2D eigenvalue weighted by Gasteiger charge is 2.46. The van der Waals surface area contributed by atoms with Gasteiger partial charge in [-0.1, -0.05) is 18.2 Å². The van der Waals surface area contributed by atoms with Gasteiger partial charge in [0.1, 0.15) is 0 Å². The fourth-order valence-electron chi connectivity index (χ4n) is 2.62. The minimum atomic E-state index is -3.26. The molecule has 2 aliphatic heterocycles. The smallest absolute Gasteiger partial charge is 0.234 e. The van der Waals surface area contributed by atoms with Crippen LogP contribution in [0.4, 0.5) is 5.69 Å². The van der Waals surface area contributed by atoms with E-state index in [4.69, 9.17) is 4.74 Å². The normalized spacial score (nSPS) is 27.9. The summed E-state index contributed by atoms with van der Waals surface area (Å²) in [6.07, 6.45) is 1.80. The summed E-state index contributed by atoms with van der Waals surface area (Å²) >= 11 is 0. The summed E-state index contributed by atoms with van der Waals surface area (Å²) in [6.45, 7) is 0.635. The van der Waals surface area contributed by atoms with Crippen LogP contribution in [0.3, 0.4) is 0 Å². The molecule has 0 unspecified atom stereocenters. The van der Waals surface area contributed by atoms with E-state index in [0.717, 1.165) is 17.7 Å². The second-order valence-electron chi connectivity index (χ2n) is 4.27. The Morgan fingerprint density at radius 1 is 1.38 bits per heavy atom. The van der Waals surface area contributed by atoms with E-state index in [0.29, 0.717) is 6.61 Å². The summed E-state index contributed by atoms with van der Waals surface area (Å²) in [5, 5.41) is 0. The number of hydrogen-bond donors (Lipinski definition) is 0. The highest BCUT2D eigenvalue weighted by Crippen LogP contribution is 2.47. The Morgan fingerprint density at radius 3 is 2.88 bits per heavy atom. The zero-order valence-electron chi connectivity index (χ0n) is 8.96. The molecule has 16 heavy (non-hydrogen) atoms. The average molecular weight is 239 g/mol. The topological polar surface area (TPSA) is 46.6 Å². The van der Waals surface area contributed by atoms with Crippen LogP contribution in [0.2, 0.25) is 0 Å². The van der Waals surface area contributed by atoms with E-state index in [1.54, 1.807) is 0 Å². The first kappa shape index (κ1) is 10.1. The van der Waals surface area contributed by atoms with Gasteiger partial charge < -0.3 is 4.74 Å². The van der Waals surface area contributed by atoms with Gasteiger partial charge in [-0.2, -0.15) is 0 Å². The average Bonchev–Trinajstić information content (AvgIpc) is 2.73. The molecule has 2 heterocycles. The van der Waals surface area contributed by atoms with Crippen LogP contribution < -0.4 is 4.31 Å². The van der Waals surface area contributed by atoms with Crippen molar-refractivity contribution in [1.82, 2.24) is 0 Å². The lowest BCUT2D eigenvalue weighted by Gasteiger charge is -2.23. The number of hydrogen-bond acceptors (Lipinski definition) is 3. The summed E-state index contributed by atoms with van der Waals surface area (Å²) < 4.78 is 30.5. The Morgan fingerprint density at radius 2 is 2.12 bits per heavy atom. The first-order chi connectivity index (χ1) is 7.59. The molecule has 1 fully saturated rings. The highest BCUT2D eigenvalue weighted by molar-refractivity contribution is 7.92. The number of nitrogens with zero attached hydrogens (tertiary/aromatic N) is 1. The van der Waals surface area contributed by atoms with E-state index in [9.17, 15) is 8.42 Å². The summed E-state index contributed by atoms with van der Waals surface area (Å²) in [7, 11) is -3.26. The summed E-state index contributed by atoms with van der Waals surface area (Å²) in [5.74, 6) is 0.200. The molecular formula is C11H13NO3S. The Bertz CT molecular complexity index is 526. The van der Waals surface area contributed by atoms with Gasteiger partial charge in [0.25, 0.3) is 0 Å². The third-order valence-corrected chi connectivity index (χ3v) is 4.34. The fraction of sp³-hybridized carbons (Fsp3) is 0.455. The van der Waals surface area contributed by atoms with Crippen LogP contribution in [0.15, 0.2) is 24.3 Å². The molecule has 2 aliphatic rings. The monoisotopic (exact) mass is 239 g/mol. The summed E-state index contributed by atoms with van der Waals surface area (Å²) in [5.41, 5.74) is 1.87. The lowest BCUT2D eigenvalue weighted by Crippen LogP contribution is -2.37. The number of anilines is 1. The zero-order valence-corrected chi connectivity index (χ0v) is 9.78. The Balaban J connectivity index is 2.19. The number of sulfonamides is 1. The molecular weight excluding hydrogens is 226 g/mol. The lowest BCUT2D eigenvalue weighted by atomic mass is 9.99. The first-order valence-corrected chi connectivity index (χ1v) is 7.14. The second kappa shape index (κ2) is 3.21. The van der Waals surface area contributed by atoms with Gasteiger partial charge in [-0.15, -0.1) is 0 Å². The molecule has 1 aromatic rings. The number of benzene rings is 1. The van der Waals surface area contributed by atoms with Crippen molar-refractivity contribution in [3.63, 3.8) is 0 Å². The van der Waals surface area contributed by atoms with Crippen molar-refractivity contribution in [3.05, 3.63) is 29.8 Å². The van der Waals surface area contributed by atoms with Crippen molar-refractivity contribution in [1.29, 1.82) is 0 Å². The largest absolute Gasteiger partial charge is 0.357 e. The first-order valence-electron chi connectivity index (χ1n) is 5.29. The van der Waals surface area contributed by atoms with Crippen LogP contribution in [0.5, 0.6) is 0 Å². The van der Waals surface area contributed by atoms with Crippen molar-refractivity contribution in [2.24, 2.45) is 0 Å². The third kappa shape index (κ3) is 1.28. The second-order valence-corrected chi connectivity index (χ2v) is 6.13. The van der Waals surface area contributed by atoms with Gasteiger partial charge in [-0.25, -0.2) is 12.7 Å². The van der Waals surface area contributed by atoms with Crippen molar-refractivity contribution >= 4 is 15.7 Å². The van der Waals surface area contributed by atoms with Crippen molar-refractivity contribution in [3.8, 4) is 0 Å². The molecule has 0 saturated carbocycles. The Kier molecular flexibility index (Phi) is 2.03. The van der Waals surface area contributed by atoms with Gasteiger partial charge in [-0.3, -0.25) is 0 Å². The van der Waals surface area contributed by atoms with E-state index in [2.05, 4.69) is 0 Å². The Labute approximate surface area is 94.9 Å². The van der Waals surface area contributed by atoms with Gasteiger partial charge in [0.2, 0.25) is 10.0 Å². The molecule has 0 bridgehead atoms. The van der Waals surface area contributed by atoms with Crippen LogP contribution in [-0.2, 0) is 14.8 Å². The summed E-state index contributed by atoms with van der Waals surface area (Å²) in [4.78, 5) is 0. The van der Waals surface area contributed by atoms with Crippen LogP contribution in [0.1, 0.15) is 17.9 Å². The molecule has 0 N–H and O–H groups in total. The highest BCUT2D eigenvalue weighted by atomic mass is 32.2. The SMILES string of the molecule is CS(=O)(=O)N1c2ccccc2[C@@H]2CCO[C@@H]21. The van der Waals surface area contributed by atoms with Gasteiger partial charge >= 0.3 is 0 Å². The number of para-hydroxylation sites is 1. The van der Waals surface area contributed by atoms with Crippen LogP contribution >= 0.6 is 0 Å². The number of ether oxygens (including phenoxy) is 1. The van der Waals surface area contributed by atoms with E-state index < -0.39 is 10.0 Å². The molecule has 1 aromatic carbocycles. The Hall–Kier alpha value is -1.07. The van der Waals surface area contributed by atoms with Gasteiger partial charge in [0.15, 0.2) is 6.23 Å². The molecule has 0 aliphatic carbocycles. The fourth-order valence-corrected chi connectivity index (χ4v) is 3.73. The zero-order chi connectivity index (χ0) is 11.3. The minimum absolute atomic E-state index is 0.200.